The molecular weight excluding hydrogens is 256 g/mol. The van der Waals surface area contributed by atoms with Crippen LogP contribution in [-0.2, 0) is 6.42 Å². The third kappa shape index (κ3) is 2.34. The van der Waals surface area contributed by atoms with Gasteiger partial charge in [0, 0.05) is 0 Å². The van der Waals surface area contributed by atoms with Crippen LogP contribution in [0.4, 0.5) is 0 Å². The van der Waals surface area contributed by atoms with Crippen molar-refractivity contribution < 1.29 is 5.11 Å². The minimum Gasteiger partial charge on any atom is -0.392 e. The Bertz CT molecular complexity index is 533. The van der Waals surface area contributed by atoms with E-state index in [0.717, 1.165) is 18.3 Å². The number of hydrogen-bond donors (Lipinski definition) is 1. The maximum atomic E-state index is 11.1. The summed E-state index contributed by atoms with van der Waals surface area (Å²) < 4.78 is 0. The zero-order valence-electron chi connectivity index (χ0n) is 13.4. The molecule has 4 fully saturated rings. The molecule has 4 aliphatic rings. The van der Waals surface area contributed by atoms with Crippen LogP contribution in [0.25, 0.3) is 0 Å². The molecule has 0 radical (unpaired) electrons. The molecule has 0 spiro atoms. The predicted molar refractivity (Wildman–Crippen MR) is 86.1 cm³/mol. The molecule has 4 saturated carbocycles. The minimum atomic E-state index is -0.149. The first-order valence-corrected chi connectivity index (χ1v) is 8.70. The topological polar surface area (TPSA) is 20.2 Å². The number of hydrogen-bond acceptors (Lipinski definition) is 1. The maximum absolute atomic E-state index is 11.1. The van der Waals surface area contributed by atoms with E-state index in [1.54, 1.807) is 0 Å². The van der Waals surface area contributed by atoms with Gasteiger partial charge in [0.15, 0.2) is 0 Å². The third-order valence-corrected chi connectivity index (χ3v) is 6.62. The summed E-state index contributed by atoms with van der Waals surface area (Å²) in [6.07, 6.45) is 8.80. The number of benzene rings is 1. The Morgan fingerprint density at radius 2 is 1.90 bits per heavy atom. The van der Waals surface area contributed by atoms with Crippen molar-refractivity contribution in [1.82, 2.24) is 0 Å². The van der Waals surface area contributed by atoms with Gasteiger partial charge >= 0.3 is 0 Å². The van der Waals surface area contributed by atoms with E-state index in [4.69, 9.17) is 0 Å². The van der Waals surface area contributed by atoms with Gasteiger partial charge in [-0.25, -0.2) is 0 Å². The molecule has 4 bridgehead atoms. The number of aliphatic hydroxyl groups excluding tert-OH is 1. The van der Waals surface area contributed by atoms with E-state index in [2.05, 4.69) is 38.1 Å². The van der Waals surface area contributed by atoms with Crippen molar-refractivity contribution in [1.29, 1.82) is 0 Å². The van der Waals surface area contributed by atoms with E-state index >= 15 is 0 Å². The van der Waals surface area contributed by atoms with Gasteiger partial charge in [-0.3, -0.25) is 0 Å². The van der Waals surface area contributed by atoms with Gasteiger partial charge in [0.05, 0.1) is 6.10 Å². The molecule has 1 aromatic rings. The molecule has 0 heterocycles. The third-order valence-electron chi connectivity index (χ3n) is 6.62. The summed E-state index contributed by atoms with van der Waals surface area (Å²) in [6.45, 7) is 4.63. The van der Waals surface area contributed by atoms with Crippen molar-refractivity contribution >= 4 is 0 Å². The second-order valence-electron chi connectivity index (χ2n) is 8.84. The van der Waals surface area contributed by atoms with E-state index in [0.29, 0.717) is 5.41 Å². The summed E-state index contributed by atoms with van der Waals surface area (Å²) in [4.78, 5) is 0. The van der Waals surface area contributed by atoms with Crippen molar-refractivity contribution in [3.05, 3.63) is 35.4 Å². The molecule has 21 heavy (non-hydrogen) atoms. The summed E-state index contributed by atoms with van der Waals surface area (Å²) in [5.41, 5.74) is 3.36. The fourth-order valence-corrected chi connectivity index (χ4v) is 6.47. The molecule has 3 atom stereocenters. The zero-order valence-corrected chi connectivity index (χ0v) is 13.4. The fraction of sp³-hybridized carbons (Fsp3) is 0.700. The van der Waals surface area contributed by atoms with Gasteiger partial charge in [-0.15, -0.1) is 0 Å². The Kier molecular flexibility index (Phi) is 3.02. The fourth-order valence-electron chi connectivity index (χ4n) is 6.47. The Hall–Kier alpha value is -0.820. The molecule has 1 aromatic carbocycles. The molecule has 5 rings (SSSR count). The second-order valence-corrected chi connectivity index (χ2v) is 8.84. The quantitative estimate of drug-likeness (QED) is 0.866. The number of aryl methyl sites for hydroxylation is 1. The zero-order chi connectivity index (χ0) is 14.7. The van der Waals surface area contributed by atoms with Crippen molar-refractivity contribution in [2.45, 2.75) is 64.9 Å². The molecule has 0 saturated heterocycles. The van der Waals surface area contributed by atoms with E-state index in [1.807, 2.05) is 0 Å². The number of aliphatic hydroxyl groups is 1. The van der Waals surface area contributed by atoms with Crippen LogP contribution in [0.1, 0.15) is 56.6 Å². The van der Waals surface area contributed by atoms with Crippen LogP contribution in [0.5, 0.6) is 0 Å². The molecule has 1 N–H and O–H groups in total. The van der Waals surface area contributed by atoms with Crippen molar-refractivity contribution in [3.8, 4) is 0 Å². The Morgan fingerprint density at radius 1 is 1.19 bits per heavy atom. The van der Waals surface area contributed by atoms with Crippen molar-refractivity contribution in [3.63, 3.8) is 0 Å². The summed E-state index contributed by atoms with van der Waals surface area (Å²) >= 11 is 0. The van der Waals surface area contributed by atoms with Crippen LogP contribution >= 0.6 is 0 Å². The molecule has 0 aliphatic heterocycles. The molecule has 3 unspecified atom stereocenters. The Morgan fingerprint density at radius 3 is 2.52 bits per heavy atom. The largest absolute Gasteiger partial charge is 0.392 e. The molecule has 0 amide bonds. The molecule has 0 aromatic heterocycles. The smallest absolute Gasteiger partial charge is 0.0637 e. The van der Waals surface area contributed by atoms with Gasteiger partial charge in [0.1, 0.15) is 0 Å². The second kappa shape index (κ2) is 4.59. The molecular formula is C20H28O. The van der Waals surface area contributed by atoms with Crippen LogP contribution in [0, 0.1) is 29.6 Å². The SMILES string of the molecule is Cc1cccc(CC(O)C23CC4CC(CC(C)(C4)C2)C3)c1. The van der Waals surface area contributed by atoms with Gasteiger partial charge < -0.3 is 5.11 Å². The van der Waals surface area contributed by atoms with Crippen LogP contribution in [-0.4, -0.2) is 11.2 Å². The lowest BCUT2D eigenvalue weighted by atomic mass is 9.43. The average molecular weight is 284 g/mol. The van der Waals surface area contributed by atoms with E-state index in [-0.39, 0.29) is 11.5 Å². The van der Waals surface area contributed by atoms with E-state index in [9.17, 15) is 5.11 Å². The predicted octanol–water partition coefficient (Wildman–Crippen LogP) is 4.50. The van der Waals surface area contributed by atoms with Gasteiger partial charge in [-0.2, -0.15) is 0 Å². The summed E-state index contributed by atoms with van der Waals surface area (Å²) in [5.74, 6) is 1.78. The maximum Gasteiger partial charge on any atom is 0.0637 e. The lowest BCUT2D eigenvalue weighted by Gasteiger charge is -2.62. The highest BCUT2D eigenvalue weighted by atomic mass is 16.3. The van der Waals surface area contributed by atoms with E-state index in [1.165, 1.54) is 49.7 Å². The van der Waals surface area contributed by atoms with E-state index < -0.39 is 0 Å². The van der Waals surface area contributed by atoms with Gasteiger partial charge in [0.25, 0.3) is 0 Å². The number of rotatable bonds is 3. The first-order chi connectivity index (χ1) is 9.96. The Labute approximate surface area is 128 Å². The average Bonchev–Trinajstić information content (AvgIpc) is 2.35. The van der Waals surface area contributed by atoms with Crippen LogP contribution in [0.3, 0.4) is 0 Å². The highest BCUT2D eigenvalue weighted by Crippen LogP contribution is 2.66. The van der Waals surface area contributed by atoms with Crippen LogP contribution < -0.4 is 0 Å². The molecule has 1 nitrogen and oxygen atoms in total. The lowest BCUT2D eigenvalue weighted by molar-refractivity contribution is -0.152. The molecule has 114 valence electrons. The van der Waals surface area contributed by atoms with Crippen molar-refractivity contribution in [2.24, 2.45) is 22.7 Å². The lowest BCUT2D eigenvalue weighted by Crippen LogP contribution is -2.55. The standard InChI is InChI=1S/C20H28O/c1-14-4-3-5-15(6-14)8-18(21)20-11-16-7-17(12-20)10-19(2,9-16)13-20/h3-6,16-18,21H,7-13H2,1-2H3. The molecule has 1 heteroatoms. The summed E-state index contributed by atoms with van der Waals surface area (Å²) in [6, 6.07) is 8.68. The molecule has 4 aliphatic carbocycles. The van der Waals surface area contributed by atoms with Gasteiger partial charge in [-0.1, -0.05) is 36.8 Å². The van der Waals surface area contributed by atoms with Crippen molar-refractivity contribution in [2.75, 3.05) is 0 Å². The monoisotopic (exact) mass is 284 g/mol. The summed E-state index contributed by atoms with van der Waals surface area (Å²) in [5, 5.41) is 11.1. The minimum absolute atomic E-state index is 0.149. The first-order valence-electron chi connectivity index (χ1n) is 8.70. The summed E-state index contributed by atoms with van der Waals surface area (Å²) in [7, 11) is 0. The Balaban J connectivity index is 1.57. The highest BCUT2D eigenvalue weighted by molar-refractivity contribution is 5.23. The first kappa shape index (κ1) is 13.8. The van der Waals surface area contributed by atoms with Crippen LogP contribution in [0.2, 0.25) is 0 Å². The normalized spacial score (nSPS) is 42.2. The highest BCUT2D eigenvalue weighted by Gasteiger charge is 2.57. The van der Waals surface area contributed by atoms with Gasteiger partial charge in [0.2, 0.25) is 0 Å². The van der Waals surface area contributed by atoms with Gasteiger partial charge in [-0.05, 0) is 80.1 Å². The van der Waals surface area contributed by atoms with Crippen LogP contribution in [0.15, 0.2) is 24.3 Å².